The number of hydrogen-bond acceptors (Lipinski definition) is 5. The molecule has 1 aromatic heterocycles. The maximum atomic E-state index is 11.1. The number of amides is 2. The number of ether oxygens (including phenoxy) is 2. The summed E-state index contributed by atoms with van der Waals surface area (Å²) < 4.78 is 10.4. The number of pyridine rings is 1. The van der Waals surface area contributed by atoms with Gasteiger partial charge in [0.1, 0.15) is 6.61 Å². The molecule has 7 nitrogen and oxygen atoms in total. The SMILES string of the molecule is C#Cc1ccc(CC(C)NC(C)=O)cc1.COCCOc1cc(C#Cc2ccc(CC(C)NC(C)=O)cc2)ccn1. The van der Waals surface area contributed by atoms with Crippen molar-refractivity contribution in [2.24, 2.45) is 0 Å². The summed E-state index contributed by atoms with van der Waals surface area (Å²) >= 11 is 0. The molecule has 0 spiro atoms. The van der Waals surface area contributed by atoms with E-state index < -0.39 is 0 Å². The summed E-state index contributed by atoms with van der Waals surface area (Å²) in [5, 5.41) is 5.72. The summed E-state index contributed by atoms with van der Waals surface area (Å²) in [5.41, 5.74) is 4.99. The molecular formula is C34H39N3O4. The molecule has 0 saturated heterocycles. The molecule has 2 aromatic carbocycles. The van der Waals surface area contributed by atoms with E-state index in [1.54, 1.807) is 13.3 Å². The molecule has 41 heavy (non-hydrogen) atoms. The third-order valence-corrected chi connectivity index (χ3v) is 5.68. The predicted molar refractivity (Wildman–Crippen MR) is 162 cm³/mol. The smallest absolute Gasteiger partial charge is 0.217 e. The molecule has 3 rings (SSSR count). The summed E-state index contributed by atoms with van der Waals surface area (Å²) in [5.74, 6) is 9.36. The molecule has 0 radical (unpaired) electrons. The van der Waals surface area contributed by atoms with Crippen molar-refractivity contribution >= 4 is 11.8 Å². The number of benzene rings is 2. The lowest BCUT2D eigenvalue weighted by molar-refractivity contribution is -0.120. The van der Waals surface area contributed by atoms with Crippen LogP contribution in [0.15, 0.2) is 66.9 Å². The number of methoxy groups -OCH3 is 1. The molecule has 0 bridgehead atoms. The molecule has 2 N–H and O–H groups in total. The van der Waals surface area contributed by atoms with Crippen LogP contribution in [0.4, 0.5) is 0 Å². The normalized spacial score (nSPS) is 11.3. The summed E-state index contributed by atoms with van der Waals surface area (Å²) in [4.78, 5) is 26.0. The van der Waals surface area contributed by atoms with Gasteiger partial charge in [-0.3, -0.25) is 9.59 Å². The first-order valence-electron chi connectivity index (χ1n) is 13.5. The van der Waals surface area contributed by atoms with Crippen molar-refractivity contribution in [2.45, 2.75) is 52.6 Å². The number of rotatable bonds is 10. The van der Waals surface area contributed by atoms with Crippen molar-refractivity contribution in [2.75, 3.05) is 20.3 Å². The van der Waals surface area contributed by atoms with Gasteiger partial charge < -0.3 is 20.1 Å². The minimum Gasteiger partial charge on any atom is -0.475 e. The van der Waals surface area contributed by atoms with Crippen molar-refractivity contribution in [3.63, 3.8) is 0 Å². The van der Waals surface area contributed by atoms with Crippen LogP contribution in [0.3, 0.4) is 0 Å². The molecule has 7 heteroatoms. The largest absolute Gasteiger partial charge is 0.475 e. The highest BCUT2D eigenvalue weighted by atomic mass is 16.5. The Kier molecular flexibility index (Phi) is 14.2. The fourth-order valence-electron chi connectivity index (χ4n) is 3.90. The monoisotopic (exact) mass is 553 g/mol. The maximum Gasteiger partial charge on any atom is 0.217 e. The Labute approximate surface area is 244 Å². The van der Waals surface area contributed by atoms with Crippen molar-refractivity contribution in [3.8, 4) is 30.1 Å². The fraction of sp³-hybridized carbons (Fsp3) is 0.324. The van der Waals surface area contributed by atoms with E-state index in [4.69, 9.17) is 15.9 Å². The molecule has 1 heterocycles. The van der Waals surface area contributed by atoms with Crippen LogP contribution in [0.5, 0.6) is 5.88 Å². The second-order valence-electron chi connectivity index (χ2n) is 9.62. The number of nitrogens with one attached hydrogen (secondary N) is 2. The van der Waals surface area contributed by atoms with E-state index in [0.717, 1.165) is 35.1 Å². The van der Waals surface area contributed by atoms with E-state index in [0.29, 0.717) is 19.1 Å². The quantitative estimate of drug-likeness (QED) is 0.289. The molecule has 3 aromatic rings. The highest BCUT2D eigenvalue weighted by Gasteiger charge is 2.05. The minimum atomic E-state index is -0.0112. The number of hydrogen-bond donors (Lipinski definition) is 2. The summed E-state index contributed by atoms with van der Waals surface area (Å²) in [6.07, 6.45) is 8.55. The van der Waals surface area contributed by atoms with Gasteiger partial charge in [0.05, 0.1) is 6.61 Å². The van der Waals surface area contributed by atoms with Gasteiger partial charge in [-0.1, -0.05) is 42.0 Å². The Morgan fingerprint density at radius 1 is 0.805 bits per heavy atom. The molecule has 0 fully saturated rings. The second kappa shape index (κ2) is 17.9. The number of carbonyl (C=O) groups is 2. The Morgan fingerprint density at radius 2 is 1.32 bits per heavy atom. The van der Waals surface area contributed by atoms with Gasteiger partial charge in [-0.2, -0.15) is 0 Å². The topological polar surface area (TPSA) is 89.5 Å². The first-order valence-corrected chi connectivity index (χ1v) is 13.5. The molecule has 0 aliphatic heterocycles. The molecule has 0 aliphatic carbocycles. The lowest BCUT2D eigenvalue weighted by atomic mass is 10.1. The van der Waals surface area contributed by atoms with Gasteiger partial charge >= 0.3 is 0 Å². The number of carbonyl (C=O) groups excluding carboxylic acids is 2. The van der Waals surface area contributed by atoms with Crippen LogP contribution in [-0.4, -0.2) is 49.2 Å². The van der Waals surface area contributed by atoms with Crippen LogP contribution < -0.4 is 15.4 Å². The molecule has 2 unspecified atom stereocenters. The van der Waals surface area contributed by atoms with Gasteiger partial charge in [0.2, 0.25) is 17.7 Å². The highest BCUT2D eigenvalue weighted by molar-refractivity contribution is 5.73. The van der Waals surface area contributed by atoms with Crippen molar-refractivity contribution in [1.82, 2.24) is 15.6 Å². The molecule has 2 atom stereocenters. The van der Waals surface area contributed by atoms with Gasteiger partial charge in [0.25, 0.3) is 0 Å². The van der Waals surface area contributed by atoms with Crippen molar-refractivity contribution in [3.05, 3.63) is 94.7 Å². The van der Waals surface area contributed by atoms with E-state index in [-0.39, 0.29) is 23.9 Å². The first-order chi connectivity index (χ1) is 19.7. The van der Waals surface area contributed by atoms with Gasteiger partial charge in [-0.05, 0) is 68.1 Å². The maximum absolute atomic E-state index is 11.1. The standard InChI is InChI=1S/C21H24N2O3.C13H15NO/c1-16(23-17(2)24)14-19-7-4-18(5-8-19)6-9-20-10-11-22-21(15-20)26-13-12-25-3;1-4-12-5-7-13(8-6-12)9-10(2)14-11(3)15/h4-5,7-8,10-11,15-16H,12-14H2,1-3H3,(H,23,24);1,5-8,10H,9H2,2-3H3,(H,14,15). The van der Waals surface area contributed by atoms with Crippen LogP contribution in [0.1, 0.15) is 55.5 Å². The van der Waals surface area contributed by atoms with Crippen molar-refractivity contribution < 1.29 is 19.1 Å². The van der Waals surface area contributed by atoms with E-state index in [1.807, 2.05) is 74.5 Å². The Balaban J connectivity index is 0.000000333. The van der Waals surface area contributed by atoms with E-state index >= 15 is 0 Å². The van der Waals surface area contributed by atoms with Crippen LogP contribution in [0.25, 0.3) is 0 Å². The fourth-order valence-corrected chi connectivity index (χ4v) is 3.90. The summed E-state index contributed by atoms with van der Waals surface area (Å²) in [6, 6.07) is 19.8. The Hall–Kier alpha value is -4.59. The lowest BCUT2D eigenvalue weighted by Gasteiger charge is -2.12. The predicted octanol–water partition coefficient (Wildman–Crippen LogP) is 4.31. The van der Waals surface area contributed by atoms with Crippen molar-refractivity contribution in [1.29, 1.82) is 0 Å². The number of aromatic nitrogens is 1. The van der Waals surface area contributed by atoms with E-state index in [2.05, 4.69) is 33.4 Å². The lowest BCUT2D eigenvalue weighted by Crippen LogP contribution is -2.31. The third kappa shape index (κ3) is 13.9. The summed E-state index contributed by atoms with van der Waals surface area (Å²) in [7, 11) is 1.63. The minimum absolute atomic E-state index is 0.00254. The molecule has 2 amide bonds. The zero-order valence-corrected chi connectivity index (χ0v) is 24.5. The zero-order valence-electron chi connectivity index (χ0n) is 24.5. The van der Waals surface area contributed by atoms with E-state index in [9.17, 15) is 9.59 Å². The van der Waals surface area contributed by atoms with E-state index in [1.165, 1.54) is 19.4 Å². The Morgan fingerprint density at radius 3 is 1.80 bits per heavy atom. The third-order valence-electron chi connectivity index (χ3n) is 5.68. The van der Waals surface area contributed by atoms with Gasteiger partial charge in [0.15, 0.2) is 0 Å². The zero-order chi connectivity index (χ0) is 30.0. The number of terminal acetylenes is 1. The first kappa shape index (κ1) is 32.6. The van der Waals surface area contributed by atoms with Crippen LogP contribution >= 0.6 is 0 Å². The molecular weight excluding hydrogens is 514 g/mol. The van der Waals surface area contributed by atoms with Gasteiger partial charge in [0, 0.05) is 62.0 Å². The van der Waals surface area contributed by atoms with Crippen LogP contribution in [-0.2, 0) is 27.2 Å². The Bertz CT molecular complexity index is 1350. The van der Waals surface area contributed by atoms with Gasteiger partial charge in [-0.15, -0.1) is 6.42 Å². The molecule has 214 valence electrons. The average molecular weight is 554 g/mol. The molecule has 0 saturated carbocycles. The van der Waals surface area contributed by atoms with Crippen LogP contribution in [0.2, 0.25) is 0 Å². The van der Waals surface area contributed by atoms with Gasteiger partial charge in [-0.25, -0.2) is 4.98 Å². The second-order valence-corrected chi connectivity index (χ2v) is 9.62. The highest BCUT2D eigenvalue weighted by Crippen LogP contribution is 2.10. The summed E-state index contributed by atoms with van der Waals surface area (Å²) in [6.45, 7) is 8.00. The average Bonchev–Trinajstić information content (AvgIpc) is 2.93. The molecule has 0 aliphatic rings. The number of nitrogens with zero attached hydrogens (tertiary/aromatic N) is 1. The van der Waals surface area contributed by atoms with Crippen LogP contribution in [0, 0.1) is 24.2 Å².